The highest BCUT2D eigenvalue weighted by Gasteiger charge is 2.55. The van der Waals surface area contributed by atoms with Crippen LogP contribution in [-0.2, 0) is 73.8 Å². The van der Waals surface area contributed by atoms with Gasteiger partial charge < -0.3 is 47.4 Å². The summed E-state index contributed by atoms with van der Waals surface area (Å²) in [6, 6.07) is 60.2. The van der Waals surface area contributed by atoms with Gasteiger partial charge in [-0.3, -0.25) is 9.98 Å². The molecule has 0 saturated carbocycles. The normalized spacial score (nSPS) is 23.6. The van der Waals surface area contributed by atoms with E-state index in [2.05, 4.69) is 4.98 Å². The van der Waals surface area contributed by atoms with E-state index < -0.39 is 78.5 Å². The van der Waals surface area contributed by atoms with Gasteiger partial charge in [-0.1, -0.05) is 175 Å². The van der Waals surface area contributed by atoms with E-state index in [9.17, 15) is 14.4 Å². The van der Waals surface area contributed by atoms with Crippen LogP contribution < -0.4 is 0 Å². The summed E-state index contributed by atoms with van der Waals surface area (Å²) in [7, 11) is 0. The summed E-state index contributed by atoms with van der Waals surface area (Å²) in [5, 5.41) is 0. The molecule has 17 heteroatoms. The molecule has 0 N–H and O–H groups in total. The lowest BCUT2D eigenvalue weighted by molar-refractivity contribution is -0.335. The quantitative estimate of drug-likeness (QED) is 0.0438. The number of rotatable bonds is 23. The van der Waals surface area contributed by atoms with E-state index in [1.165, 1.54) is 23.5 Å². The maximum absolute atomic E-state index is 14.4. The molecule has 3 aliphatic rings. The third-order valence-electron chi connectivity index (χ3n) is 13.3. The summed E-state index contributed by atoms with van der Waals surface area (Å²) in [5.41, 5.74) is 3.01. The highest BCUT2D eigenvalue weighted by Crippen LogP contribution is 2.40. The van der Waals surface area contributed by atoms with Crippen LogP contribution in [-0.4, -0.2) is 113 Å². The van der Waals surface area contributed by atoms with Crippen molar-refractivity contribution >= 4 is 45.8 Å². The molecular formula is C63H60N2O13S2. The Morgan fingerprint density at radius 2 is 0.938 bits per heavy atom. The number of ether oxygens (including phenoxy) is 10. The first-order chi connectivity index (χ1) is 39.4. The number of benzene rings is 6. The maximum atomic E-state index is 14.4. The third kappa shape index (κ3) is 15.4. The maximum Gasteiger partial charge on any atom is 0.338 e. The van der Waals surface area contributed by atoms with Gasteiger partial charge in [0.1, 0.15) is 34.9 Å². The van der Waals surface area contributed by atoms with Gasteiger partial charge >= 0.3 is 17.9 Å². The lowest BCUT2D eigenvalue weighted by Crippen LogP contribution is -2.64. The molecule has 0 radical (unpaired) electrons. The molecule has 2 saturated heterocycles. The van der Waals surface area contributed by atoms with Crippen LogP contribution in [0.1, 0.15) is 53.5 Å². The van der Waals surface area contributed by atoms with E-state index in [4.69, 9.17) is 52.4 Å². The zero-order valence-electron chi connectivity index (χ0n) is 43.6. The average molecular weight is 1120 g/mol. The number of pyridine rings is 1. The summed E-state index contributed by atoms with van der Waals surface area (Å²) in [4.78, 5) is 52.3. The molecule has 10 rings (SSSR count). The van der Waals surface area contributed by atoms with Gasteiger partial charge in [-0.15, -0.1) is 0 Å². The molecular weight excluding hydrogens is 1060 g/mol. The number of carbonyl (C=O) groups excluding carboxylic acids is 3. The van der Waals surface area contributed by atoms with Crippen molar-refractivity contribution in [2.24, 2.45) is 4.99 Å². The van der Waals surface area contributed by atoms with Crippen LogP contribution >= 0.6 is 23.5 Å². The van der Waals surface area contributed by atoms with Crippen LogP contribution in [0.3, 0.4) is 0 Å². The molecule has 4 heterocycles. The summed E-state index contributed by atoms with van der Waals surface area (Å²) in [5.74, 6) is -1.51. The predicted molar refractivity (Wildman–Crippen MR) is 302 cm³/mol. The van der Waals surface area contributed by atoms with E-state index in [1.807, 2.05) is 109 Å². The molecule has 6 aromatic carbocycles. The van der Waals surface area contributed by atoms with Crippen molar-refractivity contribution in [1.82, 2.24) is 4.98 Å². The van der Waals surface area contributed by atoms with Crippen LogP contribution in [0.2, 0.25) is 0 Å². The van der Waals surface area contributed by atoms with Gasteiger partial charge in [0.25, 0.3) is 0 Å². The zero-order chi connectivity index (χ0) is 54.7. The van der Waals surface area contributed by atoms with E-state index in [-0.39, 0.29) is 56.3 Å². The van der Waals surface area contributed by atoms with Crippen molar-refractivity contribution in [3.63, 3.8) is 0 Å². The number of esters is 3. The van der Waals surface area contributed by atoms with Crippen molar-refractivity contribution in [3.05, 3.63) is 245 Å². The number of nitrogens with zero attached hydrogens (tertiary/aromatic N) is 2. The first-order valence-corrected chi connectivity index (χ1v) is 28.3. The molecule has 3 aliphatic heterocycles. The number of thioether (sulfide) groups is 2. The van der Waals surface area contributed by atoms with Crippen molar-refractivity contribution < 1.29 is 61.8 Å². The number of aliphatic imine (C=N–C) groups is 1. The number of hydrogen-bond donors (Lipinski definition) is 0. The Hall–Kier alpha value is -7.03. The van der Waals surface area contributed by atoms with Crippen LogP contribution in [0.4, 0.5) is 0 Å². The fourth-order valence-electron chi connectivity index (χ4n) is 9.26. The smallest absolute Gasteiger partial charge is 0.338 e. The van der Waals surface area contributed by atoms with E-state index >= 15 is 0 Å². The molecule has 1 aromatic heterocycles. The highest BCUT2D eigenvalue weighted by atomic mass is 32.2. The van der Waals surface area contributed by atoms with Crippen LogP contribution in [0, 0.1) is 0 Å². The minimum absolute atomic E-state index is 0.0300. The largest absolute Gasteiger partial charge is 0.452 e. The van der Waals surface area contributed by atoms with Gasteiger partial charge in [0, 0.05) is 11.9 Å². The molecule has 7 aromatic rings. The lowest BCUT2D eigenvalue weighted by atomic mass is 9.97. The minimum atomic E-state index is -1.48. The van der Waals surface area contributed by atoms with E-state index in [0.29, 0.717) is 16.6 Å². The fraction of sp³-hybridized carbons (Fsp3) is 0.286. The van der Waals surface area contributed by atoms with Crippen molar-refractivity contribution in [2.75, 3.05) is 25.5 Å². The molecule has 0 spiro atoms. The van der Waals surface area contributed by atoms with Gasteiger partial charge in [0.15, 0.2) is 30.0 Å². The first kappa shape index (κ1) is 56.3. The second-order valence-corrected chi connectivity index (χ2v) is 21.3. The van der Waals surface area contributed by atoms with Crippen molar-refractivity contribution in [2.45, 2.75) is 87.0 Å². The van der Waals surface area contributed by atoms with Crippen molar-refractivity contribution in [1.29, 1.82) is 0 Å². The molecule has 0 aliphatic carbocycles. The Balaban J connectivity index is 1.04. The molecule has 10 unspecified atom stereocenters. The number of carbonyl (C=O) groups is 3. The Labute approximate surface area is 473 Å². The Kier molecular flexibility index (Phi) is 20.3. The van der Waals surface area contributed by atoms with Crippen LogP contribution in [0.5, 0.6) is 0 Å². The molecule has 412 valence electrons. The Bertz CT molecular complexity index is 3050. The Morgan fingerprint density at radius 1 is 0.463 bits per heavy atom. The monoisotopic (exact) mass is 1120 g/mol. The molecule has 80 heavy (non-hydrogen) atoms. The topological polar surface area (TPSA) is 169 Å². The van der Waals surface area contributed by atoms with Crippen LogP contribution in [0.25, 0.3) is 0 Å². The molecule has 2 fully saturated rings. The first-order valence-electron chi connectivity index (χ1n) is 26.4. The van der Waals surface area contributed by atoms with Crippen LogP contribution in [0.15, 0.2) is 211 Å². The van der Waals surface area contributed by atoms with E-state index in [0.717, 1.165) is 22.4 Å². The van der Waals surface area contributed by atoms with Gasteiger partial charge in [-0.2, -0.15) is 0 Å². The fourth-order valence-corrected chi connectivity index (χ4v) is 11.5. The molecule has 0 amide bonds. The number of aromatic nitrogens is 1. The molecule has 0 bridgehead atoms. The summed E-state index contributed by atoms with van der Waals surface area (Å²) in [6.45, 7) is 0.944. The van der Waals surface area contributed by atoms with Gasteiger partial charge in [-0.05, 0) is 65.2 Å². The minimum Gasteiger partial charge on any atom is -0.452 e. The van der Waals surface area contributed by atoms with E-state index in [1.54, 1.807) is 97.2 Å². The van der Waals surface area contributed by atoms with Gasteiger partial charge in [0.2, 0.25) is 0 Å². The standard InChI is InChI=1S/C63H60N2O13S2/c66-58(46-27-13-4-14-28-46)76-53-51(75-62(80-63-65-35-36-79-63)57(78-60(68)48-31-17-6-18-32-48)55(53)77-59(67)47-29-15-5-16-30-47)42-73-61-56(72-40-49-33-19-20-34-64-49)54(71-39-45-25-11-3-12-26-45)52(70-38-44-23-9-2-10-24-44)50(74-61)41-69-37-43-21-7-1-8-22-43/h1-34,50-57,61-62H,35-42H2. The average Bonchev–Trinajstić information content (AvgIpc) is 4.10. The second kappa shape index (κ2) is 28.9. The van der Waals surface area contributed by atoms with Crippen molar-refractivity contribution in [3.8, 4) is 0 Å². The lowest BCUT2D eigenvalue weighted by Gasteiger charge is -2.47. The molecule has 15 nitrogen and oxygen atoms in total. The zero-order valence-corrected chi connectivity index (χ0v) is 45.2. The second-order valence-electron chi connectivity index (χ2n) is 18.9. The van der Waals surface area contributed by atoms with Gasteiger partial charge in [-0.25, -0.2) is 14.4 Å². The SMILES string of the molecule is O=C(OC1C(COC2OC(COCc3ccccc3)C(OCc3ccccc3)C(OCc3ccccc3)C2OCc2ccccn2)OC(SC2=NCCS2)C(OC(=O)c2ccccc2)C1OC(=O)c1ccccc1)c1ccccc1. The molecule has 10 atom stereocenters. The predicted octanol–water partition coefficient (Wildman–Crippen LogP) is 10.3. The highest BCUT2D eigenvalue weighted by molar-refractivity contribution is 8.39. The summed E-state index contributed by atoms with van der Waals surface area (Å²) < 4.78 is 68.2. The summed E-state index contributed by atoms with van der Waals surface area (Å²) in [6.07, 6.45) is -8.57. The third-order valence-corrected chi connectivity index (χ3v) is 15.6. The Morgan fingerprint density at radius 3 is 1.46 bits per heavy atom. The number of hydrogen-bond acceptors (Lipinski definition) is 17. The van der Waals surface area contributed by atoms with Gasteiger partial charge in [0.05, 0.1) is 68.6 Å². The summed E-state index contributed by atoms with van der Waals surface area (Å²) >= 11 is 2.73.